The van der Waals surface area contributed by atoms with Gasteiger partial charge in [0.1, 0.15) is 0 Å². The highest BCUT2D eigenvalue weighted by Crippen LogP contribution is 2.00. The second-order valence-electron chi connectivity index (χ2n) is 3.12. The van der Waals surface area contributed by atoms with Crippen molar-refractivity contribution < 1.29 is 4.90 Å². The van der Waals surface area contributed by atoms with Gasteiger partial charge in [-0.3, -0.25) is 0 Å². The fraction of sp³-hybridized carbons (Fsp3) is 0.400. The Balaban J connectivity index is 0.000000261. The summed E-state index contributed by atoms with van der Waals surface area (Å²) in [6.07, 6.45) is 0. The molecule has 0 unspecified atom stereocenters. The normalized spacial score (nSPS) is 9.08. The summed E-state index contributed by atoms with van der Waals surface area (Å²) in [7, 11) is 6.25. The van der Waals surface area contributed by atoms with Crippen LogP contribution in [0.1, 0.15) is 5.56 Å². The van der Waals surface area contributed by atoms with Crippen LogP contribution in [-0.2, 0) is 5.88 Å². The number of alkyl halides is 1. The maximum Gasteiger partial charge on any atom is 0.0661 e. The first-order chi connectivity index (χ1) is 5.66. The van der Waals surface area contributed by atoms with Gasteiger partial charge in [-0.25, -0.2) is 0 Å². The van der Waals surface area contributed by atoms with Crippen molar-refractivity contribution in [3.8, 4) is 0 Å². The molecular weight excluding hydrogens is 170 g/mol. The summed E-state index contributed by atoms with van der Waals surface area (Å²) < 4.78 is 0. The predicted octanol–water partition coefficient (Wildman–Crippen LogP) is 1.19. The molecule has 0 aliphatic heterocycles. The molecule has 0 aliphatic carbocycles. The number of rotatable bonds is 1. The van der Waals surface area contributed by atoms with E-state index < -0.39 is 0 Å². The number of nitrogens with one attached hydrogen (secondary N) is 1. The molecule has 1 rings (SSSR count). The van der Waals surface area contributed by atoms with Crippen molar-refractivity contribution in [1.29, 1.82) is 0 Å². The van der Waals surface area contributed by atoms with Gasteiger partial charge in [-0.05, 0) is 5.56 Å². The molecule has 1 N–H and O–H groups in total. The average Bonchev–Trinajstić information content (AvgIpc) is 2.05. The third-order valence-electron chi connectivity index (χ3n) is 0.997. The molecule has 0 atom stereocenters. The van der Waals surface area contributed by atoms with E-state index in [1.165, 1.54) is 10.5 Å². The van der Waals surface area contributed by atoms with E-state index in [1.54, 1.807) is 0 Å². The molecule has 0 saturated heterocycles. The van der Waals surface area contributed by atoms with E-state index in [4.69, 9.17) is 11.6 Å². The van der Waals surface area contributed by atoms with E-state index in [1.807, 2.05) is 30.3 Å². The van der Waals surface area contributed by atoms with Crippen molar-refractivity contribution in [3.63, 3.8) is 0 Å². The minimum Gasteiger partial charge on any atom is -0.342 e. The maximum atomic E-state index is 5.53. The molecule has 0 fully saturated rings. The predicted molar refractivity (Wildman–Crippen MR) is 54.7 cm³/mol. The molecule has 0 aromatic heterocycles. The third-order valence-corrected chi connectivity index (χ3v) is 1.31. The lowest BCUT2D eigenvalue weighted by Gasteiger charge is -1.88. The molecule has 12 heavy (non-hydrogen) atoms. The fourth-order valence-electron chi connectivity index (χ4n) is 0.567. The SMILES string of the molecule is C[NH+](C)C.ClCc1ccccc1. The van der Waals surface area contributed by atoms with E-state index in [0.29, 0.717) is 5.88 Å². The Labute approximate surface area is 80.0 Å². The van der Waals surface area contributed by atoms with E-state index >= 15 is 0 Å². The van der Waals surface area contributed by atoms with Gasteiger partial charge in [0.25, 0.3) is 0 Å². The topological polar surface area (TPSA) is 4.44 Å². The Morgan fingerprint density at radius 3 is 1.75 bits per heavy atom. The van der Waals surface area contributed by atoms with Crippen LogP contribution in [0.25, 0.3) is 0 Å². The first-order valence-corrected chi connectivity index (χ1v) is 4.57. The van der Waals surface area contributed by atoms with Crippen LogP contribution in [0.4, 0.5) is 0 Å². The Morgan fingerprint density at radius 2 is 1.50 bits per heavy atom. The maximum absolute atomic E-state index is 5.53. The molecule has 2 heteroatoms. The zero-order valence-electron chi connectivity index (χ0n) is 7.97. The van der Waals surface area contributed by atoms with Gasteiger partial charge in [-0.2, -0.15) is 0 Å². The smallest absolute Gasteiger partial charge is 0.0661 e. The fourth-order valence-corrected chi connectivity index (χ4v) is 0.745. The lowest BCUT2D eigenvalue weighted by atomic mass is 10.2. The summed E-state index contributed by atoms with van der Waals surface area (Å²) in [6, 6.07) is 9.96. The van der Waals surface area contributed by atoms with Crippen LogP contribution in [0.2, 0.25) is 0 Å². The summed E-state index contributed by atoms with van der Waals surface area (Å²) in [5.74, 6) is 0.612. The minimum atomic E-state index is 0.612. The van der Waals surface area contributed by atoms with Gasteiger partial charge in [0, 0.05) is 5.88 Å². The quantitative estimate of drug-likeness (QED) is 0.629. The van der Waals surface area contributed by atoms with Gasteiger partial charge in [0.2, 0.25) is 0 Å². The van der Waals surface area contributed by atoms with Gasteiger partial charge in [0.15, 0.2) is 0 Å². The standard InChI is InChI=1S/C7H7Cl.C3H9N/c8-6-7-4-2-1-3-5-7;1-4(2)3/h1-5H,6H2;1-3H3/p+1. The van der Waals surface area contributed by atoms with E-state index in [9.17, 15) is 0 Å². The molecule has 0 radical (unpaired) electrons. The van der Waals surface area contributed by atoms with Crippen molar-refractivity contribution in [3.05, 3.63) is 35.9 Å². The number of hydrogen-bond acceptors (Lipinski definition) is 0. The number of hydrogen-bond donors (Lipinski definition) is 1. The van der Waals surface area contributed by atoms with Crippen LogP contribution >= 0.6 is 11.6 Å². The zero-order chi connectivity index (χ0) is 9.40. The highest BCUT2D eigenvalue weighted by Gasteiger charge is 1.81. The number of benzene rings is 1. The molecule has 0 aliphatic rings. The molecule has 1 nitrogen and oxygen atoms in total. The lowest BCUT2D eigenvalue weighted by molar-refractivity contribution is -0.836. The van der Waals surface area contributed by atoms with Gasteiger partial charge in [-0.15, -0.1) is 11.6 Å². The Morgan fingerprint density at radius 1 is 1.08 bits per heavy atom. The average molecular weight is 187 g/mol. The molecule has 68 valence electrons. The highest BCUT2D eigenvalue weighted by atomic mass is 35.5. The number of halogens is 1. The molecule has 1 aromatic rings. The monoisotopic (exact) mass is 186 g/mol. The largest absolute Gasteiger partial charge is 0.342 e. The number of quaternary nitrogens is 1. The van der Waals surface area contributed by atoms with Crippen molar-refractivity contribution in [2.24, 2.45) is 0 Å². The molecule has 0 spiro atoms. The van der Waals surface area contributed by atoms with Crippen molar-refractivity contribution >= 4 is 11.6 Å². The first-order valence-electron chi connectivity index (χ1n) is 4.03. The van der Waals surface area contributed by atoms with Crippen LogP contribution in [0.15, 0.2) is 30.3 Å². The van der Waals surface area contributed by atoms with Crippen molar-refractivity contribution in [1.82, 2.24) is 0 Å². The molecule has 0 saturated carbocycles. The summed E-state index contributed by atoms with van der Waals surface area (Å²) in [5, 5.41) is 0. The van der Waals surface area contributed by atoms with Crippen LogP contribution in [-0.4, -0.2) is 21.1 Å². The summed E-state index contributed by atoms with van der Waals surface area (Å²) in [5.41, 5.74) is 1.18. The molecule has 1 aromatic carbocycles. The van der Waals surface area contributed by atoms with Crippen molar-refractivity contribution in [2.75, 3.05) is 21.1 Å². The van der Waals surface area contributed by atoms with Crippen LogP contribution in [0, 0.1) is 0 Å². The van der Waals surface area contributed by atoms with Crippen LogP contribution in [0.5, 0.6) is 0 Å². The van der Waals surface area contributed by atoms with E-state index in [2.05, 4.69) is 21.1 Å². The summed E-state index contributed by atoms with van der Waals surface area (Å²) in [4.78, 5) is 1.42. The van der Waals surface area contributed by atoms with E-state index in [0.717, 1.165) is 0 Å². The Kier molecular flexibility index (Phi) is 6.82. The second kappa shape index (κ2) is 7.14. The molecular formula is C10H17ClN+. The Hall–Kier alpha value is -0.530. The van der Waals surface area contributed by atoms with Crippen LogP contribution in [0.3, 0.4) is 0 Å². The van der Waals surface area contributed by atoms with Crippen LogP contribution < -0.4 is 4.90 Å². The highest BCUT2D eigenvalue weighted by molar-refractivity contribution is 6.17. The van der Waals surface area contributed by atoms with E-state index in [-0.39, 0.29) is 0 Å². The van der Waals surface area contributed by atoms with Gasteiger partial charge < -0.3 is 4.90 Å². The first kappa shape index (κ1) is 11.5. The summed E-state index contributed by atoms with van der Waals surface area (Å²) >= 11 is 5.53. The van der Waals surface area contributed by atoms with Gasteiger partial charge >= 0.3 is 0 Å². The molecule has 0 amide bonds. The summed E-state index contributed by atoms with van der Waals surface area (Å²) in [6.45, 7) is 0. The lowest BCUT2D eigenvalue weighted by Crippen LogP contribution is -3.02. The Bertz CT molecular complexity index is 182. The zero-order valence-corrected chi connectivity index (χ0v) is 8.73. The minimum absolute atomic E-state index is 0.612. The second-order valence-corrected chi connectivity index (χ2v) is 3.39. The molecule has 0 heterocycles. The molecule has 0 bridgehead atoms. The van der Waals surface area contributed by atoms with Crippen molar-refractivity contribution in [2.45, 2.75) is 5.88 Å². The van der Waals surface area contributed by atoms with Gasteiger partial charge in [-0.1, -0.05) is 30.3 Å². The van der Waals surface area contributed by atoms with Gasteiger partial charge in [0.05, 0.1) is 21.1 Å². The third kappa shape index (κ3) is 7.58.